The van der Waals surface area contributed by atoms with Crippen molar-refractivity contribution >= 4 is 5.97 Å². The smallest absolute Gasteiger partial charge is 0.303 e. The molecule has 0 aromatic carbocycles. The van der Waals surface area contributed by atoms with E-state index in [0.717, 1.165) is 12.8 Å². The number of unbranched alkanes of at least 4 members (excludes halogenated alkanes) is 8. The van der Waals surface area contributed by atoms with Crippen molar-refractivity contribution in [3.63, 3.8) is 0 Å². The molecule has 4 heteroatoms. The Bertz CT molecular complexity index is 140. The average molecular weight is 233 g/mol. The molecule has 0 saturated heterocycles. The van der Waals surface area contributed by atoms with E-state index in [1.807, 2.05) is 0 Å². The Balaban J connectivity index is 0. The first-order chi connectivity index (χ1) is 7.77. The van der Waals surface area contributed by atoms with Gasteiger partial charge in [-0.05, 0) is 6.42 Å². The van der Waals surface area contributed by atoms with E-state index in [1.54, 1.807) is 0 Å². The monoisotopic (exact) mass is 233 g/mol. The van der Waals surface area contributed by atoms with Crippen LogP contribution in [0.1, 0.15) is 71.1 Å². The van der Waals surface area contributed by atoms with E-state index < -0.39 is 5.97 Å². The van der Waals surface area contributed by atoms with Crippen molar-refractivity contribution in [2.24, 2.45) is 5.90 Å². The van der Waals surface area contributed by atoms with E-state index in [4.69, 9.17) is 10.3 Å². The second-order valence-electron chi connectivity index (χ2n) is 3.97. The summed E-state index contributed by atoms with van der Waals surface area (Å²) < 4.78 is 0. The number of carboxylic acid groups (broad SMARTS) is 1. The van der Waals surface area contributed by atoms with Gasteiger partial charge in [0.25, 0.3) is 0 Å². The number of rotatable bonds is 10. The molecule has 0 unspecified atom stereocenters. The van der Waals surface area contributed by atoms with Crippen LogP contribution in [0.5, 0.6) is 0 Å². The van der Waals surface area contributed by atoms with Gasteiger partial charge in [-0.25, -0.2) is 5.90 Å². The van der Waals surface area contributed by atoms with Gasteiger partial charge in [0.1, 0.15) is 0 Å². The topological polar surface area (TPSA) is 83.5 Å². The van der Waals surface area contributed by atoms with Gasteiger partial charge in [-0.3, -0.25) is 4.79 Å². The second kappa shape index (κ2) is 16.8. The van der Waals surface area contributed by atoms with Crippen molar-refractivity contribution < 1.29 is 15.1 Å². The van der Waals surface area contributed by atoms with E-state index in [9.17, 15) is 4.79 Å². The van der Waals surface area contributed by atoms with Crippen LogP contribution in [0.25, 0.3) is 0 Å². The maximum Gasteiger partial charge on any atom is 0.303 e. The molecule has 0 aliphatic carbocycles. The number of hydrogen-bond donors (Lipinski definition) is 3. The van der Waals surface area contributed by atoms with E-state index >= 15 is 0 Å². The fraction of sp³-hybridized carbons (Fsp3) is 0.917. The lowest BCUT2D eigenvalue weighted by Crippen LogP contribution is -1.93. The lowest BCUT2D eigenvalue weighted by molar-refractivity contribution is -0.137. The molecule has 16 heavy (non-hydrogen) atoms. The highest BCUT2D eigenvalue weighted by Gasteiger charge is 1.96. The molecule has 0 spiro atoms. The number of carbonyl (C=O) groups is 1. The van der Waals surface area contributed by atoms with Crippen LogP contribution in [0.3, 0.4) is 0 Å². The van der Waals surface area contributed by atoms with Gasteiger partial charge in [0.15, 0.2) is 0 Å². The van der Waals surface area contributed by atoms with Gasteiger partial charge >= 0.3 is 5.97 Å². The summed E-state index contributed by atoms with van der Waals surface area (Å²) in [5, 5.41) is 14.9. The zero-order chi connectivity index (χ0) is 12.6. The van der Waals surface area contributed by atoms with Crippen molar-refractivity contribution in [3.05, 3.63) is 0 Å². The first kappa shape index (κ1) is 17.8. The van der Waals surface area contributed by atoms with Crippen LogP contribution in [0, 0.1) is 0 Å². The van der Waals surface area contributed by atoms with Crippen LogP contribution < -0.4 is 5.90 Å². The minimum Gasteiger partial charge on any atom is -0.481 e. The van der Waals surface area contributed by atoms with Gasteiger partial charge in [-0.2, -0.15) is 0 Å². The van der Waals surface area contributed by atoms with E-state index in [-0.39, 0.29) is 0 Å². The number of aliphatic carboxylic acids is 1. The quantitative estimate of drug-likeness (QED) is 0.399. The van der Waals surface area contributed by atoms with E-state index in [0.29, 0.717) is 6.42 Å². The first-order valence-corrected chi connectivity index (χ1v) is 6.25. The molecule has 0 aromatic heterocycles. The Labute approximate surface area is 98.8 Å². The molecule has 4 N–H and O–H groups in total. The highest BCUT2D eigenvalue weighted by atomic mass is 16.4. The maximum absolute atomic E-state index is 10.2. The summed E-state index contributed by atoms with van der Waals surface area (Å²) in [5.74, 6) is 2.84. The van der Waals surface area contributed by atoms with Gasteiger partial charge in [0.2, 0.25) is 0 Å². The molecule has 0 amide bonds. The van der Waals surface area contributed by atoms with Crippen molar-refractivity contribution in [1.29, 1.82) is 0 Å². The normalized spacial score (nSPS) is 9.44. The highest BCUT2D eigenvalue weighted by molar-refractivity contribution is 5.66. The fourth-order valence-electron chi connectivity index (χ4n) is 1.59. The summed E-state index contributed by atoms with van der Waals surface area (Å²) >= 11 is 0. The van der Waals surface area contributed by atoms with Crippen LogP contribution >= 0.6 is 0 Å². The van der Waals surface area contributed by atoms with Gasteiger partial charge in [-0.15, -0.1) is 0 Å². The van der Waals surface area contributed by atoms with Gasteiger partial charge in [0.05, 0.1) is 0 Å². The molecule has 0 radical (unpaired) electrons. The summed E-state index contributed by atoms with van der Waals surface area (Å²) in [5.41, 5.74) is 0. The Morgan fingerprint density at radius 3 is 1.62 bits per heavy atom. The predicted octanol–water partition coefficient (Wildman–Crippen LogP) is 3.33. The zero-order valence-corrected chi connectivity index (χ0v) is 10.5. The summed E-state index contributed by atoms with van der Waals surface area (Å²) in [6.07, 6.45) is 11.5. The third-order valence-corrected chi connectivity index (χ3v) is 2.49. The van der Waals surface area contributed by atoms with Crippen molar-refractivity contribution in [2.75, 3.05) is 0 Å². The minimum atomic E-state index is -0.659. The van der Waals surface area contributed by atoms with Gasteiger partial charge in [0, 0.05) is 6.42 Å². The molecule has 0 saturated carbocycles. The largest absolute Gasteiger partial charge is 0.481 e. The molecule has 0 aliphatic rings. The highest BCUT2D eigenvalue weighted by Crippen LogP contribution is 2.10. The second-order valence-corrected chi connectivity index (χ2v) is 3.97. The van der Waals surface area contributed by atoms with Crippen molar-refractivity contribution in [1.82, 2.24) is 0 Å². The Hall–Kier alpha value is -0.610. The Kier molecular flexibility index (Phi) is 18.7. The molecular weight excluding hydrogens is 206 g/mol. The molecule has 0 fully saturated rings. The molecule has 0 bridgehead atoms. The Morgan fingerprint density at radius 1 is 0.875 bits per heavy atom. The van der Waals surface area contributed by atoms with Gasteiger partial charge in [-0.1, -0.05) is 58.3 Å². The third kappa shape index (κ3) is 19.0. The van der Waals surface area contributed by atoms with Crippen LogP contribution in [0.2, 0.25) is 0 Å². The number of hydrogen-bond acceptors (Lipinski definition) is 3. The SMILES string of the molecule is CCCCCCCCCCCC(=O)O.NO. The van der Waals surface area contributed by atoms with Crippen molar-refractivity contribution in [2.45, 2.75) is 71.1 Å². The molecule has 98 valence electrons. The standard InChI is InChI=1S/C12H24O2.H3NO/c1-2-3-4-5-6-7-8-9-10-11-12(13)14;1-2/h2-11H2,1H3,(H,13,14);2H,1H2. The third-order valence-electron chi connectivity index (χ3n) is 2.49. The molecule has 4 nitrogen and oxygen atoms in total. The van der Waals surface area contributed by atoms with Crippen LogP contribution in [-0.4, -0.2) is 16.3 Å². The van der Waals surface area contributed by atoms with E-state index in [2.05, 4.69) is 12.8 Å². The summed E-state index contributed by atoms with van der Waals surface area (Å²) in [7, 11) is 0. The summed E-state index contributed by atoms with van der Waals surface area (Å²) in [6, 6.07) is 0. The Morgan fingerprint density at radius 2 is 1.25 bits per heavy atom. The first-order valence-electron chi connectivity index (χ1n) is 6.25. The lowest BCUT2D eigenvalue weighted by Gasteiger charge is -2.00. The van der Waals surface area contributed by atoms with Gasteiger partial charge < -0.3 is 10.3 Å². The summed E-state index contributed by atoms with van der Waals surface area (Å²) in [6.45, 7) is 2.23. The lowest BCUT2D eigenvalue weighted by atomic mass is 10.1. The molecule has 0 aromatic rings. The molecule has 0 atom stereocenters. The van der Waals surface area contributed by atoms with E-state index in [1.165, 1.54) is 44.9 Å². The maximum atomic E-state index is 10.2. The molecule has 0 aliphatic heterocycles. The summed E-state index contributed by atoms with van der Waals surface area (Å²) in [4.78, 5) is 10.2. The average Bonchev–Trinajstić information content (AvgIpc) is 2.29. The number of nitrogens with two attached hydrogens (primary N) is 1. The van der Waals surface area contributed by atoms with Crippen LogP contribution in [0.4, 0.5) is 0 Å². The van der Waals surface area contributed by atoms with Crippen LogP contribution in [0.15, 0.2) is 0 Å². The molecular formula is C12H27NO3. The zero-order valence-electron chi connectivity index (χ0n) is 10.5. The molecule has 0 rings (SSSR count). The predicted molar refractivity (Wildman–Crippen MR) is 65.5 cm³/mol. The fourth-order valence-corrected chi connectivity index (χ4v) is 1.59. The minimum absolute atomic E-state index is 0.343. The van der Waals surface area contributed by atoms with Crippen molar-refractivity contribution in [3.8, 4) is 0 Å². The van der Waals surface area contributed by atoms with Crippen LogP contribution in [-0.2, 0) is 4.79 Å². The number of carboxylic acids is 1. The molecule has 0 heterocycles.